The molecule has 0 aromatic heterocycles. The van der Waals surface area contributed by atoms with E-state index in [2.05, 4.69) is 10.3 Å². The summed E-state index contributed by atoms with van der Waals surface area (Å²) in [6.45, 7) is 4.24. The number of likely N-dealkylation sites (N-methyl/N-ethyl adjacent to an activating group) is 1. The lowest BCUT2D eigenvalue weighted by Crippen LogP contribution is -2.40. The first-order valence-electron chi connectivity index (χ1n) is 10.4. The van der Waals surface area contributed by atoms with Crippen LogP contribution in [-0.2, 0) is 22.2 Å². The molecule has 0 spiro atoms. The molecule has 9 heteroatoms. The maximum Gasteiger partial charge on any atom is 0.416 e. The second-order valence-electron chi connectivity index (χ2n) is 7.78. The summed E-state index contributed by atoms with van der Waals surface area (Å²) < 4.78 is 52.0. The molecule has 6 nitrogen and oxygen atoms in total. The van der Waals surface area contributed by atoms with E-state index >= 15 is 0 Å². The Morgan fingerprint density at radius 3 is 2.67 bits per heavy atom. The molecular formula is C21H31F3N4O2. The van der Waals surface area contributed by atoms with E-state index in [4.69, 9.17) is 9.47 Å². The third-order valence-corrected chi connectivity index (χ3v) is 5.41. The number of benzene rings is 1. The zero-order chi connectivity index (χ0) is 21.6. The maximum absolute atomic E-state index is 13.7. The fraction of sp³-hybridized carbons (Fsp3) is 0.667. The van der Waals surface area contributed by atoms with E-state index in [1.807, 2.05) is 16.8 Å². The highest BCUT2D eigenvalue weighted by Crippen LogP contribution is 2.35. The lowest BCUT2D eigenvalue weighted by Gasteiger charge is -2.30. The number of nitrogens with one attached hydrogen (secondary N) is 1. The minimum atomic E-state index is -4.43. The van der Waals surface area contributed by atoms with E-state index in [1.165, 1.54) is 18.9 Å². The molecule has 0 radical (unpaired) electrons. The fourth-order valence-electron chi connectivity index (χ4n) is 3.40. The van der Waals surface area contributed by atoms with E-state index < -0.39 is 11.7 Å². The summed E-state index contributed by atoms with van der Waals surface area (Å²) in [6.07, 6.45) is -1.94. The molecule has 3 rings (SSSR count). The lowest BCUT2D eigenvalue weighted by molar-refractivity contribution is -0.138. The molecule has 1 saturated heterocycles. The van der Waals surface area contributed by atoms with Crippen molar-refractivity contribution in [3.8, 4) is 0 Å². The molecule has 0 atom stereocenters. The van der Waals surface area contributed by atoms with Crippen molar-refractivity contribution in [1.29, 1.82) is 0 Å². The van der Waals surface area contributed by atoms with Gasteiger partial charge in [0.15, 0.2) is 5.96 Å². The largest absolute Gasteiger partial charge is 0.416 e. The zero-order valence-corrected chi connectivity index (χ0v) is 17.7. The molecule has 1 aliphatic heterocycles. The third-order valence-electron chi connectivity index (χ3n) is 5.41. The average molecular weight is 428 g/mol. The average Bonchev–Trinajstić information content (AvgIpc) is 3.56. The van der Waals surface area contributed by atoms with Gasteiger partial charge in [-0.25, -0.2) is 0 Å². The van der Waals surface area contributed by atoms with Crippen molar-refractivity contribution in [2.45, 2.75) is 25.6 Å². The van der Waals surface area contributed by atoms with Crippen LogP contribution < -0.4 is 10.2 Å². The first kappa shape index (κ1) is 22.7. The quantitative estimate of drug-likeness (QED) is 0.392. The predicted molar refractivity (Wildman–Crippen MR) is 111 cm³/mol. The molecule has 1 aromatic rings. The minimum absolute atomic E-state index is 0.0399. The van der Waals surface area contributed by atoms with Crippen LogP contribution in [0.3, 0.4) is 0 Å². The van der Waals surface area contributed by atoms with Crippen LogP contribution in [0.4, 0.5) is 18.9 Å². The second kappa shape index (κ2) is 10.3. The monoisotopic (exact) mass is 428 g/mol. The van der Waals surface area contributed by atoms with Gasteiger partial charge >= 0.3 is 6.18 Å². The van der Waals surface area contributed by atoms with Gasteiger partial charge in [-0.05, 0) is 36.5 Å². The first-order chi connectivity index (χ1) is 14.4. The number of aliphatic imine (C=N–C) groups is 1. The van der Waals surface area contributed by atoms with Crippen LogP contribution in [0.2, 0.25) is 0 Å². The number of morpholine rings is 1. The van der Waals surface area contributed by atoms with Crippen molar-refractivity contribution in [3.05, 3.63) is 29.3 Å². The van der Waals surface area contributed by atoms with Gasteiger partial charge in [-0.2, -0.15) is 13.2 Å². The highest BCUT2D eigenvalue weighted by molar-refractivity contribution is 5.79. The molecule has 2 aliphatic rings. The fourth-order valence-corrected chi connectivity index (χ4v) is 3.40. The van der Waals surface area contributed by atoms with E-state index in [0.717, 1.165) is 6.61 Å². The van der Waals surface area contributed by atoms with E-state index in [1.54, 1.807) is 19.2 Å². The molecule has 1 aliphatic carbocycles. The number of hydrogen-bond donors (Lipinski definition) is 1. The summed E-state index contributed by atoms with van der Waals surface area (Å²) in [5, 5.41) is 3.05. The van der Waals surface area contributed by atoms with Crippen LogP contribution in [0.1, 0.15) is 24.0 Å². The molecule has 0 bridgehead atoms. The Morgan fingerprint density at radius 1 is 1.30 bits per heavy atom. The minimum Gasteiger partial charge on any atom is -0.379 e. The maximum atomic E-state index is 13.7. The molecule has 1 saturated carbocycles. The van der Waals surface area contributed by atoms with Crippen LogP contribution >= 0.6 is 0 Å². The van der Waals surface area contributed by atoms with Crippen molar-refractivity contribution in [1.82, 2.24) is 10.2 Å². The van der Waals surface area contributed by atoms with Gasteiger partial charge in [-0.15, -0.1) is 0 Å². The van der Waals surface area contributed by atoms with E-state index in [0.29, 0.717) is 57.0 Å². The van der Waals surface area contributed by atoms with Gasteiger partial charge in [0.2, 0.25) is 0 Å². The standard InChI is InChI=1S/C21H31F3N4O2/c1-25-20(27(2)7-10-30-15-16-3-4-16)26-14-17-5-6-18(13-19(17)21(22,23)24)28-8-11-29-12-9-28/h5-6,13,16H,3-4,7-12,14-15H2,1-2H3,(H,25,26). The number of anilines is 1. The number of alkyl halides is 3. The topological polar surface area (TPSA) is 49.3 Å². The van der Waals surface area contributed by atoms with Gasteiger partial charge in [0, 0.05) is 52.6 Å². The van der Waals surface area contributed by atoms with Gasteiger partial charge in [-0.1, -0.05) is 6.07 Å². The number of nitrogens with zero attached hydrogens (tertiary/aromatic N) is 3. The number of hydrogen-bond acceptors (Lipinski definition) is 4. The van der Waals surface area contributed by atoms with E-state index in [-0.39, 0.29) is 12.1 Å². The van der Waals surface area contributed by atoms with Gasteiger partial charge in [0.1, 0.15) is 0 Å². The Bertz CT molecular complexity index is 717. The van der Waals surface area contributed by atoms with Gasteiger partial charge < -0.3 is 24.6 Å². The number of ether oxygens (including phenoxy) is 2. The third kappa shape index (κ3) is 6.50. The second-order valence-corrected chi connectivity index (χ2v) is 7.78. The first-order valence-corrected chi connectivity index (χ1v) is 10.4. The van der Waals surface area contributed by atoms with E-state index in [9.17, 15) is 13.2 Å². The Hall–Kier alpha value is -2.00. The molecule has 2 fully saturated rings. The SMILES string of the molecule is CN=C(NCc1ccc(N2CCOCC2)cc1C(F)(F)F)N(C)CCOCC1CC1. The molecule has 1 aromatic carbocycles. The van der Waals surface area contributed by atoms with Crippen molar-refractivity contribution in [2.24, 2.45) is 10.9 Å². The molecule has 30 heavy (non-hydrogen) atoms. The van der Waals surface area contributed by atoms with Crippen LogP contribution in [0.5, 0.6) is 0 Å². The molecule has 0 unspecified atom stereocenters. The van der Waals surface area contributed by atoms with Gasteiger partial charge in [0.25, 0.3) is 0 Å². The zero-order valence-electron chi connectivity index (χ0n) is 17.7. The Labute approximate surface area is 176 Å². The number of halogens is 3. The lowest BCUT2D eigenvalue weighted by atomic mass is 10.0. The highest BCUT2D eigenvalue weighted by Gasteiger charge is 2.34. The van der Waals surface area contributed by atoms with Crippen LogP contribution in [-0.4, -0.2) is 71.0 Å². The molecule has 0 amide bonds. The molecule has 168 valence electrons. The normalized spacial score (nSPS) is 17.9. The van der Waals surface area contributed by atoms with Crippen molar-refractivity contribution in [3.63, 3.8) is 0 Å². The van der Waals surface area contributed by atoms with Crippen molar-refractivity contribution in [2.75, 3.05) is 65.1 Å². The predicted octanol–water partition coefficient (Wildman–Crippen LogP) is 2.98. The Morgan fingerprint density at radius 2 is 2.03 bits per heavy atom. The summed E-state index contributed by atoms with van der Waals surface area (Å²) >= 11 is 0. The Kier molecular flexibility index (Phi) is 7.82. The summed E-state index contributed by atoms with van der Waals surface area (Å²) in [5.41, 5.74) is 0.146. The van der Waals surface area contributed by atoms with Crippen LogP contribution in [0.25, 0.3) is 0 Å². The van der Waals surface area contributed by atoms with Crippen LogP contribution in [0.15, 0.2) is 23.2 Å². The van der Waals surface area contributed by atoms with Gasteiger partial charge in [0.05, 0.1) is 25.4 Å². The molecule has 1 N–H and O–H groups in total. The molecule has 1 heterocycles. The summed E-state index contributed by atoms with van der Waals surface area (Å²) in [6, 6.07) is 4.53. The van der Waals surface area contributed by atoms with Crippen molar-refractivity contribution >= 4 is 11.6 Å². The van der Waals surface area contributed by atoms with Crippen molar-refractivity contribution < 1.29 is 22.6 Å². The number of guanidine groups is 1. The summed E-state index contributed by atoms with van der Waals surface area (Å²) in [7, 11) is 3.47. The van der Waals surface area contributed by atoms with Gasteiger partial charge in [-0.3, -0.25) is 4.99 Å². The summed E-state index contributed by atoms with van der Waals surface area (Å²) in [5.74, 6) is 1.24. The highest BCUT2D eigenvalue weighted by atomic mass is 19.4. The smallest absolute Gasteiger partial charge is 0.379 e. The Balaban J connectivity index is 1.60. The van der Waals surface area contributed by atoms with Crippen LogP contribution in [0, 0.1) is 5.92 Å². The molecular weight excluding hydrogens is 397 g/mol. The number of rotatable bonds is 8. The summed E-state index contributed by atoms with van der Waals surface area (Å²) in [4.78, 5) is 7.97.